The first-order valence-corrected chi connectivity index (χ1v) is 9.88. The molecular weight excluding hydrogens is 324 g/mol. The predicted octanol–water partition coefficient (Wildman–Crippen LogP) is 5.55. The Morgan fingerprint density at radius 2 is 1.96 bits per heavy atom. The number of aromatic hydroxyl groups is 1. The fourth-order valence-corrected chi connectivity index (χ4v) is 4.40. The fourth-order valence-electron chi connectivity index (χ4n) is 4.40. The Morgan fingerprint density at radius 1 is 1.27 bits per heavy atom. The number of aryl methyl sites for hydroxylation is 2. The van der Waals surface area contributed by atoms with E-state index in [1.165, 1.54) is 5.57 Å². The Labute approximate surface area is 155 Å². The van der Waals surface area contributed by atoms with Gasteiger partial charge in [0.05, 0.1) is 0 Å². The highest BCUT2D eigenvalue weighted by Crippen LogP contribution is 2.35. The molecule has 1 heterocycles. The standard InChI is InChI=1S/C23H30O3/c1-5-15(4)16(14(2)3)10-11-20-21(24)13-12-18-17-8-6-7-9-19(17)23(25)26-22(18)20/h12-13,15-16,24H,2,5-11H2,1,3-4H3/t15-,16-/m1/s1. The lowest BCUT2D eigenvalue weighted by Gasteiger charge is -2.24. The lowest BCUT2D eigenvalue weighted by atomic mass is 9.82. The highest BCUT2D eigenvalue weighted by atomic mass is 16.4. The van der Waals surface area contributed by atoms with Crippen molar-refractivity contribution >= 4 is 11.0 Å². The van der Waals surface area contributed by atoms with Crippen LogP contribution in [0.4, 0.5) is 0 Å². The van der Waals surface area contributed by atoms with Gasteiger partial charge in [0.15, 0.2) is 0 Å². The minimum Gasteiger partial charge on any atom is -0.508 e. The number of benzene rings is 1. The van der Waals surface area contributed by atoms with Crippen LogP contribution in [0.1, 0.15) is 63.1 Å². The second kappa shape index (κ2) is 7.69. The van der Waals surface area contributed by atoms with Crippen molar-refractivity contribution in [1.29, 1.82) is 0 Å². The van der Waals surface area contributed by atoms with Crippen molar-refractivity contribution in [3.8, 4) is 5.75 Å². The summed E-state index contributed by atoms with van der Waals surface area (Å²) in [5.41, 5.74) is 4.26. The summed E-state index contributed by atoms with van der Waals surface area (Å²) in [6.45, 7) is 10.7. The van der Waals surface area contributed by atoms with E-state index in [0.29, 0.717) is 23.8 Å². The van der Waals surface area contributed by atoms with Gasteiger partial charge < -0.3 is 9.52 Å². The molecule has 0 amide bonds. The van der Waals surface area contributed by atoms with Crippen molar-refractivity contribution in [2.24, 2.45) is 11.8 Å². The topological polar surface area (TPSA) is 50.4 Å². The van der Waals surface area contributed by atoms with Gasteiger partial charge in [-0.25, -0.2) is 4.79 Å². The van der Waals surface area contributed by atoms with E-state index in [0.717, 1.165) is 60.6 Å². The van der Waals surface area contributed by atoms with Gasteiger partial charge >= 0.3 is 5.63 Å². The summed E-state index contributed by atoms with van der Waals surface area (Å²) < 4.78 is 5.71. The number of phenolic OH excluding ortho intramolecular Hbond substituents is 1. The second-order valence-electron chi connectivity index (χ2n) is 7.87. The Kier molecular flexibility index (Phi) is 5.55. The van der Waals surface area contributed by atoms with E-state index in [4.69, 9.17) is 4.42 Å². The molecule has 3 nitrogen and oxygen atoms in total. The molecule has 1 aliphatic rings. The molecule has 0 unspecified atom stereocenters. The number of phenols is 1. The zero-order chi connectivity index (χ0) is 18.8. The minimum absolute atomic E-state index is 0.223. The summed E-state index contributed by atoms with van der Waals surface area (Å²) in [4.78, 5) is 12.5. The van der Waals surface area contributed by atoms with Crippen LogP contribution in [-0.2, 0) is 19.3 Å². The molecule has 3 heteroatoms. The molecule has 1 aromatic carbocycles. The average molecular weight is 354 g/mol. The van der Waals surface area contributed by atoms with Crippen LogP contribution < -0.4 is 5.63 Å². The van der Waals surface area contributed by atoms with Crippen molar-refractivity contribution in [2.75, 3.05) is 0 Å². The van der Waals surface area contributed by atoms with Gasteiger partial charge in [0.25, 0.3) is 0 Å². The van der Waals surface area contributed by atoms with Crippen LogP contribution in [0.5, 0.6) is 5.75 Å². The fraction of sp³-hybridized carbons (Fsp3) is 0.522. The lowest BCUT2D eigenvalue weighted by molar-refractivity contribution is 0.372. The Hall–Kier alpha value is -2.03. The molecule has 3 rings (SSSR count). The summed E-state index contributed by atoms with van der Waals surface area (Å²) in [7, 11) is 0. The van der Waals surface area contributed by atoms with E-state index in [9.17, 15) is 9.90 Å². The SMILES string of the molecule is C=C(C)[C@@H](CCc1c(O)ccc2c3c(c(=O)oc12)CCCC3)[C@H](C)CC. The molecule has 0 spiro atoms. The molecule has 0 aliphatic heterocycles. The lowest BCUT2D eigenvalue weighted by Crippen LogP contribution is -2.17. The summed E-state index contributed by atoms with van der Waals surface area (Å²) in [5, 5.41) is 11.5. The third kappa shape index (κ3) is 3.44. The molecule has 1 aliphatic carbocycles. The van der Waals surface area contributed by atoms with Crippen molar-refractivity contribution in [2.45, 2.75) is 65.7 Å². The van der Waals surface area contributed by atoms with Crippen molar-refractivity contribution in [3.63, 3.8) is 0 Å². The van der Waals surface area contributed by atoms with Gasteiger partial charge in [-0.3, -0.25) is 0 Å². The zero-order valence-corrected chi connectivity index (χ0v) is 16.2. The normalized spacial score (nSPS) is 16.3. The smallest absolute Gasteiger partial charge is 0.339 e. The maximum absolute atomic E-state index is 12.5. The highest BCUT2D eigenvalue weighted by Gasteiger charge is 2.22. The van der Waals surface area contributed by atoms with E-state index >= 15 is 0 Å². The molecule has 2 aromatic rings. The zero-order valence-electron chi connectivity index (χ0n) is 16.2. The van der Waals surface area contributed by atoms with E-state index in [1.54, 1.807) is 6.07 Å². The van der Waals surface area contributed by atoms with E-state index in [1.807, 2.05) is 6.07 Å². The molecule has 0 fully saturated rings. The second-order valence-corrected chi connectivity index (χ2v) is 7.87. The molecule has 140 valence electrons. The van der Waals surface area contributed by atoms with Crippen LogP contribution in [0, 0.1) is 11.8 Å². The van der Waals surface area contributed by atoms with Gasteiger partial charge in [0.1, 0.15) is 11.3 Å². The van der Waals surface area contributed by atoms with Crippen LogP contribution in [0.25, 0.3) is 11.0 Å². The summed E-state index contributed by atoms with van der Waals surface area (Å²) in [6, 6.07) is 3.66. The predicted molar refractivity (Wildman–Crippen MR) is 107 cm³/mol. The van der Waals surface area contributed by atoms with Crippen LogP contribution in [0.2, 0.25) is 0 Å². The number of hydrogen-bond acceptors (Lipinski definition) is 3. The number of hydrogen-bond donors (Lipinski definition) is 1. The third-order valence-corrected chi connectivity index (χ3v) is 6.14. The van der Waals surface area contributed by atoms with Gasteiger partial charge in [-0.05, 0) is 75.0 Å². The first-order chi connectivity index (χ1) is 12.4. The first-order valence-electron chi connectivity index (χ1n) is 9.88. The monoisotopic (exact) mass is 354 g/mol. The summed E-state index contributed by atoms with van der Waals surface area (Å²) in [6.07, 6.45) is 6.56. The molecule has 0 saturated carbocycles. The molecule has 0 saturated heterocycles. The molecule has 1 N–H and O–H groups in total. The Balaban J connectivity index is 2.03. The Morgan fingerprint density at radius 3 is 2.62 bits per heavy atom. The first kappa shape index (κ1) is 18.8. The molecule has 1 aromatic heterocycles. The van der Waals surface area contributed by atoms with E-state index < -0.39 is 0 Å². The molecular formula is C23H30O3. The largest absolute Gasteiger partial charge is 0.508 e. The van der Waals surface area contributed by atoms with Gasteiger partial charge in [0.2, 0.25) is 0 Å². The van der Waals surface area contributed by atoms with Crippen LogP contribution in [-0.4, -0.2) is 5.11 Å². The third-order valence-electron chi connectivity index (χ3n) is 6.14. The van der Waals surface area contributed by atoms with Gasteiger partial charge in [-0.15, -0.1) is 0 Å². The quantitative estimate of drug-likeness (QED) is 0.547. The molecule has 26 heavy (non-hydrogen) atoms. The van der Waals surface area contributed by atoms with Crippen molar-refractivity contribution in [1.82, 2.24) is 0 Å². The van der Waals surface area contributed by atoms with E-state index in [2.05, 4.69) is 27.4 Å². The van der Waals surface area contributed by atoms with Gasteiger partial charge in [-0.2, -0.15) is 0 Å². The summed E-state index contributed by atoms with van der Waals surface area (Å²) >= 11 is 0. The van der Waals surface area contributed by atoms with Crippen LogP contribution in [0.3, 0.4) is 0 Å². The molecule has 2 atom stereocenters. The molecule has 0 bridgehead atoms. The maximum atomic E-state index is 12.5. The minimum atomic E-state index is -0.225. The number of allylic oxidation sites excluding steroid dienone is 1. The van der Waals surface area contributed by atoms with Crippen LogP contribution in [0.15, 0.2) is 33.5 Å². The summed E-state index contributed by atoms with van der Waals surface area (Å²) in [5.74, 6) is 1.17. The van der Waals surface area contributed by atoms with Gasteiger partial charge in [-0.1, -0.05) is 32.4 Å². The number of rotatable bonds is 6. The van der Waals surface area contributed by atoms with Gasteiger partial charge in [0, 0.05) is 16.5 Å². The van der Waals surface area contributed by atoms with Crippen molar-refractivity contribution in [3.05, 3.63) is 51.4 Å². The Bertz CT molecular complexity index is 875. The van der Waals surface area contributed by atoms with Crippen molar-refractivity contribution < 1.29 is 9.52 Å². The number of fused-ring (bicyclic) bond motifs is 3. The van der Waals surface area contributed by atoms with E-state index in [-0.39, 0.29) is 11.4 Å². The van der Waals surface area contributed by atoms with Crippen LogP contribution >= 0.6 is 0 Å². The molecule has 0 radical (unpaired) electrons. The highest BCUT2D eigenvalue weighted by molar-refractivity contribution is 5.86. The average Bonchev–Trinajstić information content (AvgIpc) is 2.63. The maximum Gasteiger partial charge on any atom is 0.339 e.